The summed E-state index contributed by atoms with van der Waals surface area (Å²) in [5, 5.41) is 2.68. The molecule has 0 saturated carbocycles. The summed E-state index contributed by atoms with van der Waals surface area (Å²) in [5.74, 6) is -1.25. The highest BCUT2D eigenvalue weighted by Crippen LogP contribution is 2.29. The summed E-state index contributed by atoms with van der Waals surface area (Å²) in [7, 11) is 0. The van der Waals surface area contributed by atoms with Gasteiger partial charge in [-0.25, -0.2) is 4.79 Å². The summed E-state index contributed by atoms with van der Waals surface area (Å²) >= 11 is 0. The first-order chi connectivity index (χ1) is 12.7. The van der Waals surface area contributed by atoms with Gasteiger partial charge in [0.25, 0.3) is 5.91 Å². The number of esters is 1. The van der Waals surface area contributed by atoms with Gasteiger partial charge in [0, 0.05) is 11.8 Å². The predicted molar refractivity (Wildman–Crippen MR) is 96.0 cm³/mol. The second kappa shape index (κ2) is 8.53. The Bertz CT molecular complexity index is 836. The van der Waals surface area contributed by atoms with E-state index in [1.165, 1.54) is 18.2 Å². The van der Waals surface area contributed by atoms with Crippen molar-refractivity contribution in [2.75, 3.05) is 11.9 Å². The van der Waals surface area contributed by atoms with E-state index in [-0.39, 0.29) is 0 Å². The number of rotatable bonds is 5. The zero-order chi connectivity index (χ0) is 20.0. The van der Waals surface area contributed by atoms with Crippen LogP contribution in [0.1, 0.15) is 22.3 Å². The van der Waals surface area contributed by atoms with Crippen molar-refractivity contribution < 1.29 is 27.5 Å². The monoisotopic (exact) mass is 377 g/mol. The van der Waals surface area contributed by atoms with E-state index in [2.05, 4.69) is 5.32 Å². The Labute approximate surface area is 154 Å². The molecule has 0 aromatic heterocycles. The average Bonchev–Trinajstić information content (AvgIpc) is 2.61. The van der Waals surface area contributed by atoms with E-state index in [1.807, 2.05) is 32.0 Å². The van der Waals surface area contributed by atoms with Crippen LogP contribution in [-0.2, 0) is 20.5 Å². The summed E-state index contributed by atoms with van der Waals surface area (Å²) in [6.45, 7) is 3.23. The summed E-state index contributed by atoms with van der Waals surface area (Å²) in [6.07, 6.45) is -2.05. The Morgan fingerprint density at radius 2 is 1.63 bits per heavy atom. The smallest absolute Gasteiger partial charge is 0.416 e. The molecule has 0 saturated heterocycles. The molecule has 0 heterocycles. The number of hydrogen-bond acceptors (Lipinski definition) is 3. The molecule has 0 fully saturated rings. The van der Waals surface area contributed by atoms with E-state index in [0.29, 0.717) is 11.3 Å². The van der Waals surface area contributed by atoms with Crippen LogP contribution in [0.4, 0.5) is 18.9 Å². The maximum atomic E-state index is 12.5. The summed E-state index contributed by atoms with van der Waals surface area (Å²) < 4.78 is 42.3. The van der Waals surface area contributed by atoms with Gasteiger partial charge in [-0.15, -0.1) is 0 Å². The number of hydrogen-bond donors (Lipinski definition) is 1. The minimum atomic E-state index is -4.41. The Balaban J connectivity index is 1.87. The van der Waals surface area contributed by atoms with Gasteiger partial charge in [-0.3, -0.25) is 4.79 Å². The number of para-hydroxylation sites is 1. The van der Waals surface area contributed by atoms with Crippen molar-refractivity contribution in [2.24, 2.45) is 0 Å². The molecule has 0 bridgehead atoms. The SMILES string of the molecule is Cc1cccc(C)c1NC(=O)COC(=O)/C=C/c1ccc(C(F)(F)F)cc1. The van der Waals surface area contributed by atoms with E-state index in [4.69, 9.17) is 4.74 Å². The van der Waals surface area contributed by atoms with Gasteiger partial charge in [0.1, 0.15) is 0 Å². The van der Waals surface area contributed by atoms with Gasteiger partial charge in [-0.2, -0.15) is 13.2 Å². The molecule has 27 heavy (non-hydrogen) atoms. The second-order valence-electron chi connectivity index (χ2n) is 5.88. The summed E-state index contributed by atoms with van der Waals surface area (Å²) in [5.41, 5.74) is 2.07. The van der Waals surface area contributed by atoms with E-state index in [1.54, 1.807) is 0 Å². The molecule has 1 amide bonds. The molecule has 0 aliphatic rings. The third-order valence-corrected chi connectivity index (χ3v) is 3.74. The molecule has 142 valence electrons. The fraction of sp³-hybridized carbons (Fsp3) is 0.200. The van der Waals surface area contributed by atoms with E-state index in [9.17, 15) is 22.8 Å². The lowest BCUT2D eigenvalue weighted by atomic mass is 10.1. The van der Waals surface area contributed by atoms with Crippen LogP contribution in [0.3, 0.4) is 0 Å². The zero-order valence-corrected chi connectivity index (χ0v) is 14.8. The molecule has 1 N–H and O–H groups in total. The number of ether oxygens (including phenoxy) is 1. The molecule has 2 rings (SSSR count). The van der Waals surface area contributed by atoms with Crippen molar-refractivity contribution in [3.8, 4) is 0 Å². The molecular weight excluding hydrogens is 359 g/mol. The highest BCUT2D eigenvalue weighted by Gasteiger charge is 2.29. The molecule has 0 spiro atoms. The molecule has 0 unspecified atom stereocenters. The van der Waals surface area contributed by atoms with E-state index in [0.717, 1.165) is 29.3 Å². The molecule has 2 aromatic rings. The van der Waals surface area contributed by atoms with Gasteiger partial charge >= 0.3 is 12.1 Å². The van der Waals surface area contributed by atoms with Crippen LogP contribution in [-0.4, -0.2) is 18.5 Å². The molecule has 0 aliphatic carbocycles. The topological polar surface area (TPSA) is 55.4 Å². The van der Waals surface area contributed by atoms with E-state index >= 15 is 0 Å². The van der Waals surface area contributed by atoms with Gasteiger partial charge in [0.05, 0.1) is 5.56 Å². The minimum Gasteiger partial charge on any atom is -0.452 e. The molecule has 2 aromatic carbocycles. The molecule has 0 aliphatic heterocycles. The fourth-order valence-electron chi connectivity index (χ4n) is 2.32. The van der Waals surface area contributed by atoms with Crippen molar-refractivity contribution in [3.63, 3.8) is 0 Å². The van der Waals surface area contributed by atoms with Crippen LogP contribution in [0, 0.1) is 13.8 Å². The summed E-state index contributed by atoms with van der Waals surface area (Å²) in [4.78, 5) is 23.6. The average molecular weight is 377 g/mol. The normalized spacial score (nSPS) is 11.4. The van der Waals surface area contributed by atoms with E-state index < -0.39 is 30.2 Å². The van der Waals surface area contributed by atoms with Crippen molar-refractivity contribution in [1.82, 2.24) is 0 Å². The zero-order valence-electron chi connectivity index (χ0n) is 14.8. The maximum Gasteiger partial charge on any atom is 0.416 e. The number of halogens is 3. The fourth-order valence-corrected chi connectivity index (χ4v) is 2.32. The highest BCUT2D eigenvalue weighted by atomic mass is 19.4. The first-order valence-electron chi connectivity index (χ1n) is 8.05. The number of aryl methyl sites for hydroxylation is 2. The van der Waals surface area contributed by atoms with Gasteiger partial charge in [-0.05, 0) is 48.7 Å². The number of alkyl halides is 3. The largest absolute Gasteiger partial charge is 0.452 e. The van der Waals surface area contributed by atoms with Crippen LogP contribution < -0.4 is 5.32 Å². The van der Waals surface area contributed by atoms with Crippen molar-refractivity contribution in [1.29, 1.82) is 0 Å². The third kappa shape index (κ3) is 5.99. The second-order valence-corrected chi connectivity index (χ2v) is 5.88. The maximum absolute atomic E-state index is 12.5. The van der Waals surface area contributed by atoms with Crippen molar-refractivity contribution >= 4 is 23.6 Å². The van der Waals surface area contributed by atoms with Crippen LogP contribution >= 0.6 is 0 Å². The number of nitrogens with one attached hydrogen (secondary N) is 1. The van der Waals surface area contributed by atoms with Crippen LogP contribution in [0.5, 0.6) is 0 Å². The van der Waals surface area contributed by atoms with Crippen molar-refractivity contribution in [3.05, 3.63) is 70.8 Å². The Hall–Kier alpha value is -3.09. The first kappa shape index (κ1) is 20.2. The standard InChI is InChI=1S/C20H18F3NO3/c1-13-4-3-5-14(2)19(13)24-17(25)12-27-18(26)11-8-15-6-9-16(10-7-15)20(21,22)23/h3-11H,12H2,1-2H3,(H,24,25)/b11-8+. The van der Waals surface area contributed by atoms with Crippen molar-refractivity contribution in [2.45, 2.75) is 20.0 Å². The van der Waals surface area contributed by atoms with Crippen LogP contribution in [0.15, 0.2) is 48.5 Å². The van der Waals surface area contributed by atoms with Gasteiger partial charge in [0.15, 0.2) is 6.61 Å². The predicted octanol–water partition coefficient (Wildman–Crippen LogP) is 4.52. The van der Waals surface area contributed by atoms with Gasteiger partial charge < -0.3 is 10.1 Å². The minimum absolute atomic E-state index is 0.403. The molecule has 0 atom stereocenters. The number of benzene rings is 2. The Kier molecular flexibility index (Phi) is 6.39. The van der Waals surface area contributed by atoms with Crippen LogP contribution in [0.2, 0.25) is 0 Å². The molecule has 4 nitrogen and oxygen atoms in total. The lowest BCUT2D eigenvalue weighted by Crippen LogP contribution is -2.21. The number of anilines is 1. The lowest BCUT2D eigenvalue weighted by molar-refractivity contribution is -0.142. The quantitative estimate of drug-likeness (QED) is 0.616. The number of carbonyl (C=O) groups excluding carboxylic acids is 2. The number of carbonyl (C=O) groups is 2. The lowest BCUT2D eigenvalue weighted by Gasteiger charge is -2.11. The molecule has 7 heteroatoms. The summed E-state index contributed by atoms with van der Waals surface area (Å²) in [6, 6.07) is 9.88. The Morgan fingerprint density at radius 3 is 2.19 bits per heavy atom. The van der Waals surface area contributed by atoms with Gasteiger partial charge in [0.2, 0.25) is 0 Å². The molecular formula is C20H18F3NO3. The van der Waals surface area contributed by atoms with Gasteiger partial charge in [-0.1, -0.05) is 30.3 Å². The Morgan fingerprint density at radius 1 is 1.04 bits per heavy atom. The number of amides is 1. The first-order valence-corrected chi connectivity index (χ1v) is 8.05. The van der Waals surface area contributed by atoms with Crippen LogP contribution in [0.25, 0.3) is 6.08 Å². The highest BCUT2D eigenvalue weighted by molar-refractivity contribution is 5.95. The third-order valence-electron chi connectivity index (χ3n) is 3.74. The molecule has 0 radical (unpaired) electrons.